The van der Waals surface area contributed by atoms with E-state index in [2.05, 4.69) is 4.90 Å². The zero-order valence-corrected chi connectivity index (χ0v) is 16.6. The fourth-order valence-corrected chi connectivity index (χ4v) is 3.70. The molecule has 8 heteroatoms. The molecule has 0 amide bonds. The summed E-state index contributed by atoms with van der Waals surface area (Å²) >= 11 is 0. The summed E-state index contributed by atoms with van der Waals surface area (Å²) in [5.74, 6) is 1.93. The van der Waals surface area contributed by atoms with E-state index < -0.39 is 11.0 Å². The van der Waals surface area contributed by atoms with Gasteiger partial charge in [-0.2, -0.15) is 0 Å². The Morgan fingerprint density at radius 3 is 2.76 bits per heavy atom. The molecule has 2 unspecified atom stereocenters. The Morgan fingerprint density at radius 1 is 1.21 bits per heavy atom. The molecular weight excluding hydrogens is 376 g/mol. The number of aliphatic hydroxyl groups is 1. The largest absolute Gasteiger partial charge is 0.497 e. The molecule has 1 N–H and O–H groups in total. The van der Waals surface area contributed by atoms with Crippen LogP contribution >= 0.6 is 0 Å². The molecule has 0 aromatic heterocycles. The van der Waals surface area contributed by atoms with Gasteiger partial charge in [-0.15, -0.1) is 0 Å². The number of methoxy groups -OCH3 is 2. The molecule has 0 aliphatic carbocycles. The van der Waals surface area contributed by atoms with Crippen LogP contribution in [-0.4, -0.2) is 54.9 Å². The number of nitro groups is 1. The molecule has 1 aliphatic heterocycles. The van der Waals surface area contributed by atoms with Gasteiger partial charge in [0, 0.05) is 24.2 Å². The molecule has 0 radical (unpaired) electrons. The van der Waals surface area contributed by atoms with Gasteiger partial charge in [0.2, 0.25) is 0 Å². The lowest BCUT2D eigenvalue weighted by molar-refractivity contribution is -0.384. The number of nitro benzene ring substituents is 1. The molecule has 1 fully saturated rings. The van der Waals surface area contributed by atoms with E-state index >= 15 is 0 Å². The van der Waals surface area contributed by atoms with Gasteiger partial charge >= 0.3 is 0 Å². The van der Waals surface area contributed by atoms with Gasteiger partial charge in [-0.05, 0) is 43.7 Å². The molecule has 3 rings (SSSR count). The van der Waals surface area contributed by atoms with Gasteiger partial charge in [0.1, 0.15) is 30.0 Å². The fourth-order valence-electron chi connectivity index (χ4n) is 3.70. The number of ether oxygens (including phenoxy) is 3. The third-order valence-electron chi connectivity index (χ3n) is 5.08. The maximum Gasteiger partial charge on any atom is 0.273 e. The molecule has 1 heterocycles. The molecule has 0 spiro atoms. The van der Waals surface area contributed by atoms with Crippen LogP contribution in [0.1, 0.15) is 24.4 Å². The quantitative estimate of drug-likeness (QED) is 0.508. The van der Waals surface area contributed by atoms with E-state index in [1.807, 2.05) is 18.2 Å². The lowest BCUT2D eigenvalue weighted by Crippen LogP contribution is -2.35. The first-order chi connectivity index (χ1) is 14.0. The number of hydrogen-bond acceptors (Lipinski definition) is 7. The first-order valence-electron chi connectivity index (χ1n) is 9.53. The third-order valence-corrected chi connectivity index (χ3v) is 5.08. The van der Waals surface area contributed by atoms with Crippen molar-refractivity contribution in [3.8, 4) is 17.2 Å². The summed E-state index contributed by atoms with van der Waals surface area (Å²) in [6.45, 7) is 1.35. The number of β-amino-alcohol motifs (C(OH)–C–C–N with tert-alkyl or cyclic N) is 1. The van der Waals surface area contributed by atoms with Gasteiger partial charge < -0.3 is 19.3 Å². The number of benzene rings is 2. The average molecular weight is 402 g/mol. The van der Waals surface area contributed by atoms with Crippen LogP contribution in [-0.2, 0) is 0 Å². The second-order valence-electron chi connectivity index (χ2n) is 6.98. The molecule has 29 heavy (non-hydrogen) atoms. The minimum Gasteiger partial charge on any atom is -0.497 e. The predicted molar refractivity (Wildman–Crippen MR) is 108 cm³/mol. The molecule has 8 nitrogen and oxygen atoms in total. The number of non-ortho nitro benzene ring substituents is 1. The summed E-state index contributed by atoms with van der Waals surface area (Å²) in [6.07, 6.45) is 1.25. The van der Waals surface area contributed by atoms with E-state index in [-0.39, 0.29) is 18.3 Å². The highest BCUT2D eigenvalue weighted by Gasteiger charge is 2.30. The Balaban J connectivity index is 1.63. The van der Waals surface area contributed by atoms with Crippen molar-refractivity contribution in [2.24, 2.45) is 0 Å². The standard InChI is InChI=1S/C21H26N2O6/c1-27-17-8-9-21(28-2)19(12-17)20-7-4-10-22(20)13-16(24)14-29-18-6-3-5-15(11-18)23(25)26/h3,5-6,8-9,11-12,16,20,24H,4,7,10,13-14H2,1-2H3. The molecule has 0 saturated carbocycles. The SMILES string of the molecule is COc1ccc(OC)c(C2CCCN2CC(O)COc2cccc([N+](=O)[O-])c2)c1. The predicted octanol–water partition coefficient (Wildman–Crippen LogP) is 3.19. The summed E-state index contributed by atoms with van der Waals surface area (Å²) in [6, 6.07) is 11.8. The van der Waals surface area contributed by atoms with Gasteiger partial charge in [0.05, 0.1) is 25.2 Å². The second-order valence-corrected chi connectivity index (χ2v) is 6.98. The fraction of sp³-hybridized carbons (Fsp3) is 0.429. The van der Waals surface area contributed by atoms with Gasteiger partial charge in [0.25, 0.3) is 5.69 Å². The highest BCUT2D eigenvalue weighted by molar-refractivity contribution is 5.42. The van der Waals surface area contributed by atoms with Crippen LogP contribution in [0.2, 0.25) is 0 Å². The topological polar surface area (TPSA) is 94.3 Å². The Bertz CT molecular complexity index is 844. The minimum absolute atomic E-state index is 0.0401. The minimum atomic E-state index is -0.730. The van der Waals surface area contributed by atoms with E-state index in [0.717, 1.165) is 36.4 Å². The number of rotatable bonds is 9. The van der Waals surface area contributed by atoms with Crippen molar-refractivity contribution in [3.63, 3.8) is 0 Å². The monoisotopic (exact) mass is 402 g/mol. The average Bonchev–Trinajstić information content (AvgIpc) is 3.19. The Morgan fingerprint density at radius 2 is 2.03 bits per heavy atom. The Labute approximate surface area is 169 Å². The molecule has 2 atom stereocenters. The second kappa shape index (κ2) is 9.58. The smallest absolute Gasteiger partial charge is 0.273 e. The number of hydrogen-bond donors (Lipinski definition) is 1. The molecule has 1 aliphatic rings. The van der Waals surface area contributed by atoms with Crippen LogP contribution in [0.3, 0.4) is 0 Å². The van der Waals surface area contributed by atoms with E-state index in [1.54, 1.807) is 26.4 Å². The number of aliphatic hydroxyl groups excluding tert-OH is 1. The van der Waals surface area contributed by atoms with Crippen LogP contribution < -0.4 is 14.2 Å². The van der Waals surface area contributed by atoms with Crippen molar-refractivity contribution in [1.29, 1.82) is 0 Å². The van der Waals surface area contributed by atoms with Crippen molar-refractivity contribution >= 4 is 5.69 Å². The van der Waals surface area contributed by atoms with Gasteiger partial charge in [-0.25, -0.2) is 0 Å². The summed E-state index contributed by atoms with van der Waals surface area (Å²) in [7, 11) is 3.28. The van der Waals surface area contributed by atoms with E-state index in [0.29, 0.717) is 12.3 Å². The summed E-state index contributed by atoms with van der Waals surface area (Å²) in [5.41, 5.74) is 0.998. The Hall–Kier alpha value is -2.84. The zero-order chi connectivity index (χ0) is 20.8. The summed E-state index contributed by atoms with van der Waals surface area (Å²) in [5, 5.41) is 21.3. The maximum atomic E-state index is 10.9. The highest BCUT2D eigenvalue weighted by Crippen LogP contribution is 2.38. The van der Waals surface area contributed by atoms with Crippen molar-refractivity contribution in [3.05, 3.63) is 58.1 Å². The highest BCUT2D eigenvalue weighted by atomic mass is 16.6. The van der Waals surface area contributed by atoms with Crippen molar-refractivity contribution in [2.75, 3.05) is 33.9 Å². The van der Waals surface area contributed by atoms with Crippen LogP contribution in [0.25, 0.3) is 0 Å². The first-order valence-corrected chi connectivity index (χ1v) is 9.53. The van der Waals surface area contributed by atoms with E-state index in [9.17, 15) is 15.2 Å². The lowest BCUT2D eigenvalue weighted by atomic mass is 10.0. The van der Waals surface area contributed by atoms with Crippen molar-refractivity contribution < 1.29 is 24.2 Å². The molecule has 1 saturated heterocycles. The van der Waals surface area contributed by atoms with Crippen LogP contribution in [0, 0.1) is 10.1 Å². The molecular formula is C21H26N2O6. The van der Waals surface area contributed by atoms with Gasteiger partial charge in [0.15, 0.2) is 0 Å². The normalized spacial score (nSPS) is 17.7. The van der Waals surface area contributed by atoms with Crippen molar-refractivity contribution in [2.45, 2.75) is 25.0 Å². The maximum absolute atomic E-state index is 10.9. The number of nitrogens with zero attached hydrogens (tertiary/aromatic N) is 2. The van der Waals surface area contributed by atoms with E-state index in [1.165, 1.54) is 12.1 Å². The van der Waals surface area contributed by atoms with E-state index in [4.69, 9.17) is 14.2 Å². The number of likely N-dealkylation sites (tertiary alicyclic amines) is 1. The van der Waals surface area contributed by atoms with Crippen LogP contribution in [0.15, 0.2) is 42.5 Å². The van der Waals surface area contributed by atoms with Crippen LogP contribution in [0.4, 0.5) is 5.69 Å². The third kappa shape index (κ3) is 5.16. The molecule has 2 aromatic carbocycles. The molecule has 156 valence electrons. The summed E-state index contributed by atoms with van der Waals surface area (Å²) < 4.78 is 16.4. The lowest BCUT2D eigenvalue weighted by Gasteiger charge is -2.28. The molecule has 2 aromatic rings. The summed E-state index contributed by atoms with van der Waals surface area (Å²) in [4.78, 5) is 12.6. The Kier molecular flexibility index (Phi) is 6.90. The van der Waals surface area contributed by atoms with Gasteiger partial charge in [-0.3, -0.25) is 15.0 Å². The van der Waals surface area contributed by atoms with Gasteiger partial charge in [-0.1, -0.05) is 6.07 Å². The van der Waals surface area contributed by atoms with Crippen molar-refractivity contribution in [1.82, 2.24) is 4.90 Å². The first kappa shape index (κ1) is 20.9. The molecule has 0 bridgehead atoms. The zero-order valence-electron chi connectivity index (χ0n) is 16.6. The van der Waals surface area contributed by atoms with Crippen LogP contribution in [0.5, 0.6) is 17.2 Å².